The molecule has 2 rings (SSSR count). The predicted octanol–water partition coefficient (Wildman–Crippen LogP) is 3.68. The van der Waals surface area contributed by atoms with Crippen LogP contribution >= 0.6 is 0 Å². The largest absolute Gasteiger partial charge is 0.373 e. The van der Waals surface area contributed by atoms with Crippen LogP contribution in [0.1, 0.15) is 42.1 Å². The number of unbranched alkanes of at least 4 members (excludes halogenated alkanes) is 1. The third-order valence-corrected chi connectivity index (χ3v) is 4.04. The van der Waals surface area contributed by atoms with Gasteiger partial charge >= 0.3 is 0 Å². The van der Waals surface area contributed by atoms with E-state index in [-0.39, 0.29) is 5.91 Å². The van der Waals surface area contributed by atoms with E-state index in [1.807, 2.05) is 37.5 Å². The van der Waals surface area contributed by atoms with E-state index in [0.29, 0.717) is 12.1 Å². The number of carbonyl (C=O) groups is 1. The van der Waals surface area contributed by atoms with Gasteiger partial charge in [0.1, 0.15) is 0 Å². The number of aryl methyl sites for hydroxylation is 1. The fraction of sp³-hybridized carbons (Fsp3) is 0.400. The zero-order valence-electron chi connectivity index (χ0n) is 14.7. The van der Waals surface area contributed by atoms with Crippen LogP contribution in [0.15, 0.2) is 48.8 Å². The second-order valence-electron chi connectivity index (χ2n) is 6.05. The first-order valence-electron chi connectivity index (χ1n) is 8.69. The van der Waals surface area contributed by atoms with Crippen LogP contribution in [0.5, 0.6) is 0 Å². The Morgan fingerprint density at radius 2 is 1.96 bits per heavy atom. The van der Waals surface area contributed by atoms with Crippen molar-refractivity contribution in [3.05, 3.63) is 59.9 Å². The summed E-state index contributed by atoms with van der Waals surface area (Å²) >= 11 is 0. The van der Waals surface area contributed by atoms with Gasteiger partial charge in [0.15, 0.2) is 0 Å². The van der Waals surface area contributed by atoms with E-state index in [1.165, 1.54) is 5.56 Å². The SMILES string of the molecule is CCCCN(C)c1cncc(C(=O)NCCCc2ccccc2)c1. The Labute approximate surface area is 144 Å². The molecular formula is C20H27N3O. The normalized spacial score (nSPS) is 10.4. The monoisotopic (exact) mass is 325 g/mol. The number of nitrogens with zero attached hydrogens (tertiary/aromatic N) is 2. The van der Waals surface area contributed by atoms with Gasteiger partial charge in [0.05, 0.1) is 17.4 Å². The zero-order valence-corrected chi connectivity index (χ0v) is 14.7. The summed E-state index contributed by atoms with van der Waals surface area (Å²) in [6, 6.07) is 12.2. The Morgan fingerprint density at radius 1 is 1.17 bits per heavy atom. The highest BCUT2D eigenvalue weighted by molar-refractivity contribution is 5.94. The number of hydrogen-bond donors (Lipinski definition) is 1. The number of benzene rings is 1. The molecule has 0 saturated heterocycles. The summed E-state index contributed by atoms with van der Waals surface area (Å²) in [4.78, 5) is 18.6. The van der Waals surface area contributed by atoms with Crippen molar-refractivity contribution in [3.63, 3.8) is 0 Å². The lowest BCUT2D eigenvalue weighted by atomic mass is 10.1. The number of aromatic nitrogens is 1. The van der Waals surface area contributed by atoms with Crippen LogP contribution in [0, 0.1) is 0 Å². The molecule has 0 radical (unpaired) electrons. The van der Waals surface area contributed by atoms with Gasteiger partial charge in [0.2, 0.25) is 0 Å². The summed E-state index contributed by atoms with van der Waals surface area (Å²) in [6.07, 6.45) is 7.62. The Hall–Kier alpha value is -2.36. The molecule has 0 fully saturated rings. The molecule has 24 heavy (non-hydrogen) atoms. The molecule has 1 aromatic heterocycles. The zero-order chi connectivity index (χ0) is 17.2. The second-order valence-corrected chi connectivity index (χ2v) is 6.05. The van der Waals surface area contributed by atoms with Crippen LogP contribution in [0.2, 0.25) is 0 Å². The van der Waals surface area contributed by atoms with Crippen molar-refractivity contribution >= 4 is 11.6 Å². The van der Waals surface area contributed by atoms with Crippen molar-refractivity contribution in [2.24, 2.45) is 0 Å². The van der Waals surface area contributed by atoms with Gasteiger partial charge in [-0.1, -0.05) is 43.7 Å². The lowest BCUT2D eigenvalue weighted by Crippen LogP contribution is -2.25. The quantitative estimate of drug-likeness (QED) is 0.715. The van der Waals surface area contributed by atoms with Crippen molar-refractivity contribution in [1.29, 1.82) is 0 Å². The van der Waals surface area contributed by atoms with E-state index in [0.717, 1.165) is 37.9 Å². The number of amides is 1. The maximum Gasteiger partial charge on any atom is 0.252 e. The van der Waals surface area contributed by atoms with Crippen LogP contribution in [-0.2, 0) is 6.42 Å². The van der Waals surface area contributed by atoms with Crippen molar-refractivity contribution in [2.75, 3.05) is 25.0 Å². The Balaban J connectivity index is 1.81. The number of pyridine rings is 1. The average molecular weight is 325 g/mol. The third-order valence-electron chi connectivity index (χ3n) is 4.04. The summed E-state index contributed by atoms with van der Waals surface area (Å²) in [5.41, 5.74) is 2.91. The molecule has 128 valence electrons. The van der Waals surface area contributed by atoms with Gasteiger partial charge in [0.25, 0.3) is 5.91 Å². The van der Waals surface area contributed by atoms with Gasteiger partial charge in [-0.3, -0.25) is 9.78 Å². The highest BCUT2D eigenvalue weighted by Crippen LogP contribution is 2.13. The van der Waals surface area contributed by atoms with Crippen LogP contribution in [-0.4, -0.2) is 31.0 Å². The summed E-state index contributed by atoms with van der Waals surface area (Å²) < 4.78 is 0. The highest BCUT2D eigenvalue weighted by atomic mass is 16.1. The van der Waals surface area contributed by atoms with E-state index in [1.54, 1.807) is 6.20 Å². The molecule has 1 amide bonds. The molecule has 4 nitrogen and oxygen atoms in total. The van der Waals surface area contributed by atoms with E-state index in [2.05, 4.69) is 34.3 Å². The smallest absolute Gasteiger partial charge is 0.252 e. The summed E-state index contributed by atoms with van der Waals surface area (Å²) in [6.45, 7) is 3.81. The van der Waals surface area contributed by atoms with Crippen molar-refractivity contribution in [1.82, 2.24) is 10.3 Å². The molecule has 0 aliphatic heterocycles. The molecule has 1 aromatic carbocycles. The van der Waals surface area contributed by atoms with Crippen LogP contribution in [0.25, 0.3) is 0 Å². The van der Waals surface area contributed by atoms with E-state index in [4.69, 9.17) is 0 Å². The molecule has 0 bridgehead atoms. The average Bonchev–Trinajstić information content (AvgIpc) is 2.64. The number of hydrogen-bond acceptors (Lipinski definition) is 3. The topological polar surface area (TPSA) is 45.2 Å². The van der Waals surface area contributed by atoms with Gasteiger partial charge in [-0.2, -0.15) is 0 Å². The lowest BCUT2D eigenvalue weighted by molar-refractivity contribution is 0.0953. The minimum atomic E-state index is -0.0543. The standard InChI is InChI=1S/C20H27N3O/c1-3-4-13-23(2)19-14-18(15-21-16-19)20(24)22-12-8-11-17-9-6-5-7-10-17/h5-7,9-10,14-16H,3-4,8,11-13H2,1-2H3,(H,22,24). The summed E-state index contributed by atoms with van der Waals surface area (Å²) in [7, 11) is 2.04. The van der Waals surface area contributed by atoms with Gasteiger partial charge in [-0.25, -0.2) is 0 Å². The van der Waals surface area contributed by atoms with Crippen LogP contribution in [0.4, 0.5) is 5.69 Å². The van der Waals surface area contributed by atoms with Gasteiger partial charge in [-0.15, -0.1) is 0 Å². The molecule has 0 aliphatic carbocycles. The minimum Gasteiger partial charge on any atom is -0.373 e. The predicted molar refractivity (Wildman–Crippen MR) is 99.5 cm³/mol. The van der Waals surface area contributed by atoms with Gasteiger partial charge in [-0.05, 0) is 30.9 Å². The van der Waals surface area contributed by atoms with Crippen molar-refractivity contribution < 1.29 is 4.79 Å². The Morgan fingerprint density at radius 3 is 2.71 bits per heavy atom. The lowest BCUT2D eigenvalue weighted by Gasteiger charge is -2.19. The molecule has 1 heterocycles. The third kappa shape index (κ3) is 5.69. The summed E-state index contributed by atoms with van der Waals surface area (Å²) in [5, 5.41) is 2.98. The second kappa shape index (κ2) is 9.71. The van der Waals surface area contributed by atoms with E-state index < -0.39 is 0 Å². The van der Waals surface area contributed by atoms with E-state index in [9.17, 15) is 4.79 Å². The molecule has 0 unspecified atom stereocenters. The van der Waals surface area contributed by atoms with Crippen molar-refractivity contribution in [2.45, 2.75) is 32.6 Å². The number of carbonyl (C=O) groups excluding carboxylic acids is 1. The molecule has 2 aromatic rings. The number of nitrogens with one attached hydrogen (secondary N) is 1. The maximum atomic E-state index is 12.3. The Kier molecular flexibility index (Phi) is 7.27. The fourth-order valence-corrected chi connectivity index (χ4v) is 2.53. The molecule has 1 N–H and O–H groups in total. The highest BCUT2D eigenvalue weighted by Gasteiger charge is 2.08. The first-order chi connectivity index (χ1) is 11.7. The number of rotatable bonds is 9. The first-order valence-corrected chi connectivity index (χ1v) is 8.69. The molecular weight excluding hydrogens is 298 g/mol. The van der Waals surface area contributed by atoms with Crippen molar-refractivity contribution in [3.8, 4) is 0 Å². The molecule has 0 saturated carbocycles. The maximum absolute atomic E-state index is 12.3. The molecule has 4 heteroatoms. The molecule has 0 atom stereocenters. The molecule has 0 aliphatic rings. The number of anilines is 1. The minimum absolute atomic E-state index is 0.0543. The van der Waals surface area contributed by atoms with Gasteiger partial charge in [0, 0.05) is 26.3 Å². The first kappa shape index (κ1) is 18.0. The summed E-state index contributed by atoms with van der Waals surface area (Å²) in [5.74, 6) is -0.0543. The van der Waals surface area contributed by atoms with Crippen LogP contribution < -0.4 is 10.2 Å². The van der Waals surface area contributed by atoms with Crippen LogP contribution in [0.3, 0.4) is 0 Å². The Bertz CT molecular complexity index is 628. The van der Waals surface area contributed by atoms with E-state index >= 15 is 0 Å². The fourth-order valence-electron chi connectivity index (χ4n) is 2.53. The molecule has 0 spiro atoms. The van der Waals surface area contributed by atoms with Gasteiger partial charge < -0.3 is 10.2 Å².